The first-order valence-electron chi connectivity index (χ1n) is 7.77. The van der Waals surface area contributed by atoms with Crippen LogP contribution >= 0.6 is 0 Å². The molecule has 0 spiro atoms. The van der Waals surface area contributed by atoms with Crippen molar-refractivity contribution in [1.82, 2.24) is 0 Å². The minimum atomic E-state index is 0.296. The lowest BCUT2D eigenvalue weighted by atomic mass is 9.90. The number of hydrogen-bond donors (Lipinski definition) is 0. The van der Waals surface area contributed by atoms with E-state index in [4.69, 9.17) is 0 Å². The van der Waals surface area contributed by atoms with E-state index in [9.17, 15) is 4.79 Å². The number of hydrogen-bond acceptors (Lipinski definition) is 1. The van der Waals surface area contributed by atoms with Gasteiger partial charge in [-0.05, 0) is 16.7 Å². The summed E-state index contributed by atoms with van der Waals surface area (Å²) in [5.74, 6) is 0.825. The van der Waals surface area contributed by atoms with Crippen LogP contribution in [0.3, 0.4) is 0 Å². The van der Waals surface area contributed by atoms with E-state index in [2.05, 4.69) is 32.0 Å². The summed E-state index contributed by atoms with van der Waals surface area (Å²) in [4.78, 5) is 12.6. The lowest BCUT2D eigenvalue weighted by molar-refractivity contribution is 0.0958. The van der Waals surface area contributed by atoms with Crippen LogP contribution in [0.2, 0.25) is 0 Å². The first-order valence-corrected chi connectivity index (χ1v) is 7.77. The predicted molar refractivity (Wildman–Crippen MR) is 86.2 cm³/mol. The topological polar surface area (TPSA) is 17.1 Å². The molecule has 2 rings (SSSR count). The van der Waals surface area contributed by atoms with Crippen molar-refractivity contribution in [1.29, 1.82) is 0 Å². The first-order chi connectivity index (χ1) is 9.76. The standard InChI is InChI=1S/C19H24O/c1-3-5-9-15(4-2)14-19(20)18-13-8-11-16-10-6-7-12-17(16)18/h6-8,10-13,15H,3-5,9,14H2,1-2H3. The van der Waals surface area contributed by atoms with Crippen molar-refractivity contribution in [2.45, 2.75) is 46.0 Å². The Bertz CT molecular complexity index is 565. The number of rotatable bonds is 7. The lowest BCUT2D eigenvalue weighted by Gasteiger charge is -2.14. The smallest absolute Gasteiger partial charge is 0.163 e. The van der Waals surface area contributed by atoms with Crippen LogP contribution in [-0.4, -0.2) is 5.78 Å². The Hall–Kier alpha value is -1.63. The molecule has 2 aromatic carbocycles. The zero-order valence-corrected chi connectivity index (χ0v) is 12.6. The maximum Gasteiger partial charge on any atom is 0.163 e. The Kier molecular flexibility index (Phi) is 5.34. The third-order valence-electron chi connectivity index (χ3n) is 4.11. The minimum Gasteiger partial charge on any atom is -0.294 e. The fourth-order valence-electron chi connectivity index (χ4n) is 2.78. The number of fused-ring (bicyclic) bond motifs is 1. The Morgan fingerprint density at radius 3 is 2.55 bits per heavy atom. The van der Waals surface area contributed by atoms with Gasteiger partial charge in [-0.1, -0.05) is 82.0 Å². The van der Waals surface area contributed by atoms with Crippen molar-refractivity contribution < 1.29 is 4.79 Å². The molecule has 0 saturated heterocycles. The summed E-state index contributed by atoms with van der Waals surface area (Å²) in [6, 6.07) is 14.2. The molecule has 106 valence electrons. The quantitative estimate of drug-likeness (QED) is 0.595. The van der Waals surface area contributed by atoms with Crippen molar-refractivity contribution in [2.24, 2.45) is 5.92 Å². The summed E-state index contributed by atoms with van der Waals surface area (Å²) in [5.41, 5.74) is 0.887. The van der Waals surface area contributed by atoms with Crippen LogP contribution in [0.4, 0.5) is 0 Å². The second-order valence-electron chi connectivity index (χ2n) is 5.57. The monoisotopic (exact) mass is 268 g/mol. The molecule has 1 nitrogen and oxygen atoms in total. The molecule has 0 saturated carbocycles. The number of benzene rings is 2. The van der Waals surface area contributed by atoms with Gasteiger partial charge in [0, 0.05) is 12.0 Å². The van der Waals surface area contributed by atoms with Gasteiger partial charge in [-0.25, -0.2) is 0 Å². The second-order valence-corrected chi connectivity index (χ2v) is 5.57. The molecule has 1 atom stereocenters. The van der Waals surface area contributed by atoms with Gasteiger partial charge in [-0.15, -0.1) is 0 Å². The van der Waals surface area contributed by atoms with Gasteiger partial charge in [-0.3, -0.25) is 4.79 Å². The molecule has 20 heavy (non-hydrogen) atoms. The van der Waals surface area contributed by atoms with Crippen LogP contribution in [0.15, 0.2) is 42.5 Å². The fraction of sp³-hybridized carbons (Fsp3) is 0.421. The summed E-state index contributed by atoms with van der Waals surface area (Å²) in [6.45, 7) is 4.40. The van der Waals surface area contributed by atoms with Crippen molar-refractivity contribution in [3.8, 4) is 0 Å². The molecule has 0 aliphatic carbocycles. The second kappa shape index (κ2) is 7.23. The summed E-state index contributed by atoms with van der Waals surface area (Å²) in [5, 5.41) is 2.24. The van der Waals surface area contributed by atoms with Gasteiger partial charge in [0.15, 0.2) is 5.78 Å². The van der Waals surface area contributed by atoms with Crippen molar-refractivity contribution in [3.05, 3.63) is 48.0 Å². The van der Waals surface area contributed by atoms with E-state index >= 15 is 0 Å². The maximum atomic E-state index is 12.6. The third kappa shape index (κ3) is 3.47. The Morgan fingerprint density at radius 2 is 1.80 bits per heavy atom. The zero-order valence-electron chi connectivity index (χ0n) is 12.6. The van der Waals surface area contributed by atoms with Crippen LogP contribution in [0, 0.1) is 5.92 Å². The van der Waals surface area contributed by atoms with Gasteiger partial charge < -0.3 is 0 Å². The molecule has 0 bridgehead atoms. The third-order valence-corrected chi connectivity index (χ3v) is 4.11. The Morgan fingerprint density at radius 1 is 1.05 bits per heavy atom. The van der Waals surface area contributed by atoms with E-state index < -0.39 is 0 Å². The molecule has 0 aliphatic heterocycles. The molecule has 1 unspecified atom stereocenters. The lowest BCUT2D eigenvalue weighted by Crippen LogP contribution is -2.09. The minimum absolute atomic E-state index is 0.296. The molecule has 0 N–H and O–H groups in total. The highest BCUT2D eigenvalue weighted by Crippen LogP contribution is 2.24. The highest BCUT2D eigenvalue weighted by Gasteiger charge is 2.15. The normalized spacial score (nSPS) is 12.5. The number of Topliss-reactive ketones (excluding diaryl/α,β-unsaturated/α-hetero) is 1. The van der Waals surface area contributed by atoms with Crippen molar-refractivity contribution in [2.75, 3.05) is 0 Å². The van der Waals surface area contributed by atoms with E-state index in [1.54, 1.807) is 0 Å². The van der Waals surface area contributed by atoms with Crippen LogP contribution in [0.5, 0.6) is 0 Å². The van der Waals surface area contributed by atoms with Crippen LogP contribution in [-0.2, 0) is 0 Å². The van der Waals surface area contributed by atoms with Gasteiger partial charge >= 0.3 is 0 Å². The van der Waals surface area contributed by atoms with E-state index in [1.807, 2.05) is 24.3 Å². The average molecular weight is 268 g/mol. The molecule has 0 aromatic heterocycles. The summed E-state index contributed by atoms with van der Waals surface area (Å²) >= 11 is 0. The Labute approximate surface area is 122 Å². The first kappa shape index (κ1) is 14.8. The SMILES string of the molecule is CCCCC(CC)CC(=O)c1cccc2ccccc12. The van der Waals surface area contributed by atoms with Gasteiger partial charge in [0.05, 0.1) is 0 Å². The number of unbranched alkanes of at least 4 members (excludes halogenated alkanes) is 1. The summed E-state index contributed by atoms with van der Waals surface area (Å²) < 4.78 is 0. The highest BCUT2D eigenvalue weighted by atomic mass is 16.1. The number of ketones is 1. The Balaban J connectivity index is 2.18. The summed E-state index contributed by atoms with van der Waals surface area (Å²) in [7, 11) is 0. The van der Waals surface area contributed by atoms with Crippen molar-refractivity contribution >= 4 is 16.6 Å². The molecule has 1 heteroatoms. The average Bonchev–Trinajstić information content (AvgIpc) is 2.50. The molecule has 0 radical (unpaired) electrons. The van der Waals surface area contributed by atoms with E-state index in [-0.39, 0.29) is 0 Å². The molecular weight excluding hydrogens is 244 g/mol. The maximum absolute atomic E-state index is 12.6. The number of carbonyl (C=O) groups excluding carboxylic acids is 1. The van der Waals surface area contributed by atoms with Gasteiger partial charge in [-0.2, -0.15) is 0 Å². The predicted octanol–water partition coefficient (Wildman–Crippen LogP) is 5.63. The summed E-state index contributed by atoms with van der Waals surface area (Å²) in [6.07, 6.45) is 5.38. The van der Waals surface area contributed by atoms with Gasteiger partial charge in [0.25, 0.3) is 0 Å². The van der Waals surface area contributed by atoms with Crippen LogP contribution in [0.25, 0.3) is 10.8 Å². The van der Waals surface area contributed by atoms with E-state index in [0.717, 1.165) is 22.8 Å². The van der Waals surface area contributed by atoms with Crippen molar-refractivity contribution in [3.63, 3.8) is 0 Å². The largest absolute Gasteiger partial charge is 0.294 e. The molecule has 0 aliphatic rings. The van der Waals surface area contributed by atoms with Gasteiger partial charge in [0.2, 0.25) is 0 Å². The molecule has 0 amide bonds. The fourth-order valence-corrected chi connectivity index (χ4v) is 2.78. The van der Waals surface area contributed by atoms with Crippen LogP contribution in [0.1, 0.15) is 56.3 Å². The number of carbonyl (C=O) groups is 1. The molecule has 0 fully saturated rings. The molecule has 2 aromatic rings. The zero-order chi connectivity index (χ0) is 14.4. The van der Waals surface area contributed by atoms with Crippen LogP contribution < -0.4 is 0 Å². The van der Waals surface area contributed by atoms with E-state index in [0.29, 0.717) is 18.1 Å². The molecular formula is C19H24O. The van der Waals surface area contributed by atoms with E-state index in [1.165, 1.54) is 19.3 Å². The molecule has 0 heterocycles. The van der Waals surface area contributed by atoms with Gasteiger partial charge in [0.1, 0.15) is 0 Å². The highest BCUT2D eigenvalue weighted by molar-refractivity contribution is 6.08.